The van der Waals surface area contributed by atoms with Gasteiger partial charge in [-0.1, -0.05) is 175 Å². The molecule has 3 N–H and O–H groups in total. The number of hydrogen-bond acceptors (Lipinski definition) is 8. The molecule has 0 spiro atoms. The Balaban J connectivity index is 4.35. The summed E-state index contributed by atoms with van der Waals surface area (Å²) < 4.78 is 32.7. The van der Waals surface area contributed by atoms with E-state index in [9.17, 15) is 19.0 Å². The van der Waals surface area contributed by atoms with Crippen LogP contribution in [0.25, 0.3) is 0 Å². The minimum absolute atomic E-state index is 0.0288. The summed E-state index contributed by atoms with van der Waals surface area (Å²) in [6, 6.07) is 0. The number of phosphoric acid groups is 1. The van der Waals surface area contributed by atoms with E-state index in [0.717, 1.165) is 51.4 Å². The molecule has 1 unspecified atom stereocenters. The fraction of sp³-hybridized carbons (Fsp3) is 0.608. The van der Waals surface area contributed by atoms with Crippen LogP contribution in [-0.4, -0.2) is 49.3 Å². The standard InChI is InChI=1S/C51H84NO8P/c1-3-5-7-9-11-13-15-17-19-21-23-24-26-27-29-31-33-35-37-39-41-43-50(53)57-47-49(48-59-61(55,56)58-46-45-52)60-51(54)44-42-40-38-36-34-32-30-28-25-22-20-18-16-14-12-10-8-6-4-2/h12,14,18-21,24-26,28-29,31-32,34-35,37-38,40,49H,3-11,13,15-17,22-23,27,30,33,36,39,41-48,52H2,1-2H3,(H,55,56)/b14-12+,20-18+,21-19+,26-24+,28-25+,31-29+,34-32+,37-35+,40-38+/t49-/m1/s1. The van der Waals surface area contributed by atoms with E-state index in [-0.39, 0.29) is 32.6 Å². The van der Waals surface area contributed by atoms with Gasteiger partial charge < -0.3 is 20.1 Å². The van der Waals surface area contributed by atoms with E-state index in [4.69, 9.17) is 24.3 Å². The number of carbonyl (C=O) groups excluding carboxylic acids is 2. The van der Waals surface area contributed by atoms with Crippen molar-refractivity contribution in [3.05, 3.63) is 109 Å². The number of rotatable bonds is 42. The number of nitrogens with two attached hydrogens (primary N) is 1. The highest BCUT2D eigenvalue weighted by Gasteiger charge is 2.25. The van der Waals surface area contributed by atoms with Crippen molar-refractivity contribution in [1.82, 2.24) is 0 Å². The Hall–Kier alpha value is -3.33. The van der Waals surface area contributed by atoms with Gasteiger partial charge in [-0.2, -0.15) is 0 Å². The molecule has 0 amide bonds. The van der Waals surface area contributed by atoms with E-state index in [1.807, 2.05) is 18.2 Å². The minimum Gasteiger partial charge on any atom is -0.462 e. The number of carbonyl (C=O) groups is 2. The maximum atomic E-state index is 12.6. The Morgan fingerprint density at radius 1 is 0.492 bits per heavy atom. The van der Waals surface area contributed by atoms with Gasteiger partial charge in [0, 0.05) is 19.4 Å². The summed E-state index contributed by atoms with van der Waals surface area (Å²) in [5, 5.41) is 0. The van der Waals surface area contributed by atoms with E-state index in [1.54, 1.807) is 0 Å². The molecule has 10 heteroatoms. The van der Waals surface area contributed by atoms with Gasteiger partial charge in [-0.3, -0.25) is 18.6 Å². The molecule has 0 rings (SSSR count). The Morgan fingerprint density at radius 2 is 0.885 bits per heavy atom. The molecule has 0 saturated heterocycles. The first-order valence-corrected chi connectivity index (χ1v) is 24.9. The third-order valence-corrected chi connectivity index (χ3v) is 10.1. The number of ether oxygens (including phenoxy) is 2. The Bertz CT molecular complexity index is 1360. The van der Waals surface area contributed by atoms with Gasteiger partial charge in [-0.15, -0.1) is 0 Å². The topological polar surface area (TPSA) is 134 Å². The molecule has 0 aromatic carbocycles. The van der Waals surface area contributed by atoms with Crippen molar-refractivity contribution < 1.29 is 37.6 Å². The van der Waals surface area contributed by atoms with Gasteiger partial charge in [0.2, 0.25) is 0 Å². The molecule has 0 aliphatic rings. The summed E-state index contributed by atoms with van der Waals surface area (Å²) in [7, 11) is -4.42. The predicted octanol–water partition coefficient (Wildman–Crippen LogP) is 13.9. The predicted molar refractivity (Wildman–Crippen MR) is 256 cm³/mol. The minimum atomic E-state index is -4.42. The molecule has 0 radical (unpaired) electrons. The number of hydrogen-bond donors (Lipinski definition) is 2. The molecule has 9 nitrogen and oxygen atoms in total. The maximum absolute atomic E-state index is 12.6. The molecule has 0 aromatic heterocycles. The lowest BCUT2D eigenvalue weighted by Crippen LogP contribution is -2.29. The second-order valence-corrected chi connectivity index (χ2v) is 16.4. The van der Waals surface area contributed by atoms with Crippen molar-refractivity contribution >= 4 is 19.8 Å². The average Bonchev–Trinajstić information content (AvgIpc) is 3.25. The van der Waals surface area contributed by atoms with Crippen molar-refractivity contribution in [3.63, 3.8) is 0 Å². The summed E-state index contributed by atoms with van der Waals surface area (Å²) >= 11 is 0. The molecule has 0 saturated carbocycles. The Morgan fingerprint density at radius 3 is 1.36 bits per heavy atom. The molecule has 0 heterocycles. The number of esters is 2. The summed E-state index contributed by atoms with van der Waals surface area (Å²) in [6.07, 6.45) is 61.5. The highest BCUT2D eigenvalue weighted by molar-refractivity contribution is 7.47. The van der Waals surface area contributed by atoms with Crippen molar-refractivity contribution in [2.45, 2.75) is 174 Å². The van der Waals surface area contributed by atoms with Crippen LogP contribution < -0.4 is 5.73 Å². The largest absolute Gasteiger partial charge is 0.472 e. The van der Waals surface area contributed by atoms with Crippen LogP contribution >= 0.6 is 7.82 Å². The maximum Gasteiger partial charge on any atom is 0.472 e. The van der Waals surface area contributed by atoms with Crippen LogP contribution in [0.4, 0.5) is 0 Å². The molecule has 0 bridgehead atoms. The Labute approximate surface area is 371 Å². The molecule has 0 aromatic rings. The quantitative estimate of drug-likeness (QED) is 0.0266. The smallest absolute Gasteiger partial charge is 0.462 e. The first kappa shape index (κ1) is 57.7. The van der Waals surface area contributed by atoms with Crippen molar-refractivity contribution in [1.29, 1.82) is 0 Å². The normalized spacial score (nSPS) is 14.2. The zero-order valence-electron chi connectivity index (χ0n) is 38.1. The van der Waals surface area contributed by atoms with E-state index in [2.05, 4.69) is 105 Å². The molecule has 346 valence electrons. The van der Waals surface area contributed by atoms with Gasteiger partial charge in [0.1, 0.15) is 6.61 Å². The molecular formula is C51H84NO8P. The summed E-state index contributed by atoms with van der Waals surface area (Å²) in [6.45, 7) is 3.53. The molecular weight excluding hydrogens is 786 g/mol. The highest BCUT2D eigenvalue weighted by Crippen LogP contribution is 2.43. The van der Waals surface area contributed by atoms with Crippen LogP contribution in [0, 0.1) is 0 Å². The van der Waals surface area contributed by atoms with Crippen LogP contribution in [0.1, 0.15) is 168 Å². The lowest BCUT2D eigenvalue weighted by Gasteiger charge is -2.19. The van der Waals surface area contributed by atoms with Crippen LogP contribution in [0.3, 0.4) is 0 Å². The van der Waals surface area contributed by atoms with Gasteiger partial charge in [0.15, 0.2) is 6.10 Å². The lowest BCUT2D eigenvalue weighted by atomic mass is 10.1. The fourth-order valence-corrected chi connectivity index (χ4v) is 6.43. The lowest BCUT2D eigenvalue weighted by molar-refractivity contribution is -0.161. The third-order valence-electron chi connectivity index (χ3n) is 9.14. The first-order chi connectivity index (χ1) is 29.8. The number of unbranched alkanes of at least 4 members (excludes halogenated alkanes) is 11. The van der Waals surface area contributed by atoms with Gasteiger partial charge >= 0.3 is 19.8 Å². The van der Waals surface area contributed by atoms with Crippen LogP contribution in [0.5, 0.6) is 0 Å². The second kappa shape index (κ2) is 46.2. The van der Waals surface area contributed by atoms with Crippen molar-refractivity contribution in [2.75, 3.05) is 26.4 Å². The Kier molecular flexibility index (Phi) is 43.7. The highest BCUT2D eigenvalue weighted by atomic mass is 31.2. The SMILES string of the molecule is CCCCC/C=C/C/C=C/C/C=C/C/C=C/C/C=C/CCC(=O)O[C@H](COC(=O)CCC/C=C/C/C=C/C/C=C/C/C=C/CCCCCCCCC)COP(=O)(O)OCCN. The van der Waals surface area contributed by atoms with Crippen LogP contribution in [-0.2, 0) is 32.7 Å². The monoisotopic (exact) mass is 870 g/mol. The summed E-state index contributed by atoms with van der Waals surface area (Å²) in [5.74, 6) is -1.00. The van der Waals surface area contributed by atoms with Gasteiger partial charge in [-0.05, 0) is 89.9 Å². The zero-order valence-corrected chi connectivity index (χ0v) is 39.0. The van der Waals surface area contributed by atoms with Gasteiger partial charge in [0.25, 0.3) is 0 Å². The van der Waals surface area contributed by atoms with Gasteiger partial charge in [0.05, 0.1) is 13.2 Å². The average molecular weight is 870 g/mol. The molecule has 2 atom stereocenters. The van der Waals surface area contributed by atoms with E-state index >= 15 is 0 Å². The molecule has 0 aliphatic heterocycles. The number of allylic oxidation sites excluding steroid dienone is 18. The molecule has 0 aliphatic carbocycles. The fourth-order valence-electron chi connectivity index (χ4n) is 5.67. The van der Waals surface area contributed by atoms with Gasteiger partial charge in [-0.25, -0.2) is 4.57 Å². The molecule has 0 fully saturated rings. The van der Waals surface area contributed by atoms with Crippen molar-refractivity contribution in [3.8, 4) is 0 Å². The first-order valence-electron chi connectivity index (χ1n) is 23.4. The molecule has 61 heavy (non-hydrogen) atoms. The van der Waals surface area contributed by atoms with Crippen LogP contribution in [0.2, 0.25) is 0 Å². The summed E-state index contributed by atoms with van der Waals surface area (Å²) in [4.78, 5) is 34.9. The van der Waals surface area contributed by atoms with E-state index in [1.165, 1.54) is 77.0 Å². The van der Waals surface area contributed by atoms with E-state index < -0.39 is 32.5 Å². The van der Waals surface area contributed by atoms with Crippen LogP contribution in [0.15, 0.2) is 109 Å². The third kappa shape index (κ3) is 46.0. The van der Waals surface area contributed by atoms with Crippen molar-refractivity contribution in [2.24, 2.45) is 5.73 Å². The second-order valence-electron chi connectivity index (χ2n) is 14.9. The number of phosphoric ester groups is 1. The van der Waals surface area contributed by atoms with E-state index in [0.29, 0.717) is 12.8 Å². The zero-order chi connectivity index (χ0) is 44.6. The summed E-state index contributed by atoms with van der Waals surface area (Å²) in [5.41, 5.74) is 5.34.